The third-order valence-corrected chi connectivity index (χ3v) is 4.37. The molecule has 1 heterocycles. The van der Waals surface area contributed by atoms with Gasteiger partial charge in [-0.15, -0.1) is 12.4 Å². The van der Waals surface area contributed by atoms with Gasteiger partial charge in [-0.3, -0.25) is 4.90 Å². The van der Waals surface area contributed by atoms with E-state index in [0.29, 0.717) is 0 Å². The van der Waals surface area contributed by atoms with Crippen LogP contribution < -0.4 is 5.73 Å². The molecule has 2 N–H and O–H groups in total. The Morgan fingerprint density at radius 1 is 1.32 bits per heavy atom. The van der Waals surface area contributed by atoms with Gasteiger partial charge in [0.05, 0.1) is 0 Å². The molecule has 0 bridgehead atoms. The summed E-state index contributed by atoms with van der Waals surface area (Å²) in [6, 6.07) is 6.24. The number of rotatable bonds is 4. The Kier molecular flexibility index (Phi) is 7.16. The van der Waals surface area contributed by atoms with E-state index in [9.17, 15) is 0 Å². The fourth-order valence-corrected chi connectivity index (χ4v) is 2.97. The normalized spacial score (nSPS) is 17.2. The lowest BCUT2D eigenvalue weighted by Crippen LogP contribution is -2.35. The van der Waals surface area contributed by atoms with Crippen LogP contribution >= 0.6 is 24.0 Å². The van der Waals surface area contributed by atoms with Gasteiger partial charge in [0.2, 0.25) is 0 Å². The summed E-state index contributed by atoms with van der Waals surface area (Å²) in [4.78, 5) is 2.51. The van der Waals surface area contributed by atoms with Crippen molar-refractivity contribution in [2.24, 2.45) is 11.7 Å². The molecule has 0 saturated carbocycles. The highest BCUT2D eigenvalue weighted by Gasteiger charge is 2.19. The van der Waals surface area contributed by atoms with E-state index < -0.39 is 0 Å². The maximum Gasteiger partial charge on any atom is 0.0453 e. The van der Waals surface area contributed by atoms with Crippen LogP contribution in [0.1, 0.15) is 30.9 Å². The Morgan fingerprint density at radius 2 is 2.00 bits per heavy atom. The minimum atomic E-state index is 0. The first-order chi connectivity index (χ1) is 8.74. The van der Waals surface area contributed by atoms with Gasteiger partial charge in [-0.05, 0) is 62.0 Å². The average molecular weight is 303 g/mol. The average Bonchev–Trinajstić information content (AvgIpc) is 2.42. The Labute approximate surface area is 127 Å². The predicted molar refractivity (Wildman–Crippen MR) is 85.1 cm³/mol. The number of hydrogen-bond acceptors (Lipinski definition) is 2. The molecule has 1 saturated heterocycles. The Hall–Kier alpha value is -0.280. The second-order valence-corrected chi connectivity index (χ2v) is 5.59. The third kappa shape index (κ3) is 4.35. The largest absolute Gasteiger partial charge is 0.330 e. The topological polar surface area (TPSA) is 29.3 Å². The van der Waals surface area contributed by atoms with Gasteiger partial charge in [0.15, 0.2) is 0 Å². The first-order valence-electron chi connectivity index (χ1n) is 6.93. The molecule has 1 aliphatic heterocycles. The van der Waals surface area contributed by atoms with E-state index in [1.807, 2.05) is 12.1 Å². The second kappa shape index (κ2) is 8.11. The van der Waals surface area contributed by atoms with Crippen molar-refractivity contribution in [2.75, 3.05) is 19.6 Å². The summed E-state index contributed by atoms with van der Waals surface area (Å²) < 4.78 is 0. The molecule has 0 spiro atoms. The number of aryl methyl sites for hydroxylation is 1. The molecule has 1 aliphatic rings. The van der Waals surface area contributed by atoms with Crippen molar-refractivity contribution in [1.82, 2.24) is 4.90 Å². The van der Waals surface area contributed by atoms with Gasteiger partial charge in [0, 0.05) is 11.6 Å². The molecule has 0 atom stereocenters. The minimum Gasteiger partial charge on any atom is -0.330 e. The molecule has 1 aromatic carbocycles. The lowest BCUT2D eigenvalue weighted by Gasteiger charge is -2.32. The van der Waals surface area contributed by atoms with Gasteiger partial charge >= 0.3 is 0 Å². The van der Waals surface area contributed by atoms with E-state index in [1.54, 1.807) is 0 Å². The van der Waals surface area contributed by atoms with Crippen molar-refractivity contribution >= 4 is 24.0 Å². The number of likely N-dealkylation sites (tertiary alicyclic amines) is 1. The fourth-order valence-electron chi connectivity index (χ4n) is 2.72. The van der Waals surface area contributed by atoms with E-state index in [-0.39, 0.29) is 12.4 Å². The zero-order chi connectivity index (χ0) is 13.0. The monoisotopic (exact) mass is 302 g/mol. The molecule has 19 heavy (non-hydrogen) atoms. The fraction of sp³-hybridized carbons (Fsp3) is 0.600. The summed E-state index contributed by atoms with van der Waals surface area (Å²) in [5, 5.41) is 0.912. The zero-order valence-electron chi connectivity index (χ0n) is 11.6. The molecule has 4 heteroatoms. The summed E-state index contributed by atoms with van der Waals surface area (Å²) in [5.74, 6) is 0.721. The van der Waals surface area contributed by atoms with Crippen molar-refractivity contribution in [2.45, 2.75) is 32.7 Å². The highest BCUT2D eigenvalue weighted by atomic mass is 35.5. The molecule has 2 nitrogen and oxygen atoms in total. The van der Waals surface area contributed by atoms with Crippen LogP contribution in [0.4, 0.5) is 0 Å². The first-order valence-corrected chi connectivity index (χ1v) is 7.31. The molecule has 1 aromatic rings. The molecule has 0 aliphatic carbocycles. The summed E-state index contributed by atoms with van der Waals surface area (Å²) in [5.41, 5.74) is 8.42. The lowest BCUT2D eigenvalue weighted by atomic mass is 9.96. The summed E-state index contributed by atoms with van der Waals surface area (Å²) >= 11 is 6.34. The highest BCUT2D eigenvalue weighted by molar-refractivity contribution is 6.31. The van der Waals surface area contributed by atoms with Crippen LogP contribution in [-0.2, 0) is 13.0 Å². The third-order valence-electron chi connectivity index (χ3n) is 4.02. The Morgan fingerprint density at radius 3 is 2.58 bits per heavy atom. The molecule has 0 unspecified atom stereocenters. The van der Waals surface area contributed by atoms with E-state index in [4.69, 9.17) is 17.3 Å². The molecular weight excluding hydrogens is 279 g/mol. The second-order valence-electron chi connectivity index (χ2n) is 5.19. The van der Waals surface area contributed by atoms with Gasteiger partial charge in [-0.1, -0.05) is 30.7 Å². The summed E-state index contributed by atoms with van der Waals surface area (Å²) in [6.07, 6.45) is 3.50. The van der Waals surface area contributed by atoms with Crippen LogP contribution in [0.5, 0.6) is 0 Å². The SMILES string of the molecule is CCc1cccc(Cl)c1CN1CCC(CN)CC1.Cl. The maximum atomic E-state index is 6.34. The van der Waals surface area contributed by atoms with Crippen LogP contribution in [0.25, 0.3) is 0 Å². The maximum absolute atomic E-state index is 6.34. The van der Waals surface area contributed by atoms with Gasteiger partial charge in [0.25, 0.3) is 0 Å². The van der Waals surface area contributed by atoms with Crippen LogP contribution in [0.15, 0.2) is 18.2 Å². The van der Waals surface area contributed by atoms with Crippen molar-refractivity contribution in [3.63, 3.8) is 0 Å². The van der Waals surface area contributed by atoms with Crippen molar-refractivity contribution in [3.8, 4) is 0 Å². The van der Waals surface area contributed by atoms with Crippen molar-refractivity contribution in [3.05, 3.63) is 34.3 Å². The summed E-state index contributed by atoms with van der Waals surface area (Å²) in [6.45, 7) is 6.31. The Bertz CT molecular complexity index is 388. The standard InChI is InChI=1S/C15H23ClN2.ClH/c1-2-13-4-3-5-15(16)14(13)11-18-8-6-12(10-17)7-9-18;/h3-5,12H,2,6-11,17H2,1H3;1H. The Balaban J connectivity index is 0.00000180. The number of nitrogens with two attached hydrogens (primary N) is 1. The molecule has 108 valence electrons. The van der Waals surface area contributed by atoms with Crippen molar-refractivity contribution in [1.29, 1.82) is 0 Å². The van der Waals surface area contributed by atoms with Gasteiger partial charge in [0.1, 0.15) is 0 Å². The summed E-state index contributed by atoms with van der Waals surface area (Å²) in [7, 11) is 0. The van der Waals surface area contributed by atoms with Gasteiger partial charge < -0.3 is 5.73 Å². The lowest BCUT2D eigenvalue weighted by molar-refractivity contribution is 0.180. The van der Waals surface area contributed by atoms with E-state index in [2.05, 4.69) is 17.9 Å². The number of benzene rings is 1. The highest BCUT2D eigenvalue weighted by Crippen LogP contribution is 2.25. The molecular formula is C15H24Cl2N2. The number of piperidine rings is 1. The number of hydrogen-bond donors (Lipinski definition) is 1. The molecule has 0 aromatic heterocycles. The van der Waals surface area contributed by atoms with Crippen LogP contribution in [0, 0.1) is 5.92 Å². The minimum absolute atomic E-state index is 0. The number of halogens is 2. The van der Waals surface area contributed by atoms with Gasteiger partial charge in [-0.25, -0.2) is 0 Å². The predicted octanol–water partition coefficient (Wildman–Crippen LogP) is 3.49. The molecule has 0 amide bonds. The van der Waals surface area contributed by atoms with E-state index in [1.165, 1.54) is 24.0 Å². The van der Waals surface area contributed by atoms with E-state index in [0.717, 1.165) is 43.5 Å². The quantitative estimate of drug-likeness (QED) is 0.922. The molecule has 1 fully saturated rings. The zero-order valence-corrected chi connectivity index (χ0v) is 13.1. The molecule has 2 rings (SSSR count). The van der Waals surface area contributed by atoms with Crippen LogP contribution in [-0.4, -0.2) is 24.5 Å². The first kappa shape index (κ1) is 16.8. The van der Waals surface area contributed by atoms with Crippen molar-refractivity contribution < 1.29 is 0 Å². The van der Waals surface area contributed by atoms with Crippen LogP contribution in [0.3, 0.4) is 0 Å². The number of nitrogens with zero attached hydrogens (tertiary/aromatic N) is 1. The smallest absolute Gasteiger partial charge is 0.0453 e. The van der Waals surface area contributed by atoms with E-state index >= 15 is 0 Å². The molecule has 0 radical (unpaired) electrons. The van der Waals surface area contributed by atoms with Gasteiger partial charge in [-0.2, -0.15) is 0 Å². The van der Waals surface area contributed by atoms with Crippen LogP contribution in [0.2, 0.25) is 5.02 Å².